The first-order chi connectivity index (χ1) is 20.8. The number of benzene rings is 3. The summed E-state index contributed by atoms with van der Waals surface area (Å²) in [6.07, 6.45) is 1.37. The zero-order valence-corrected chi connectivity index (χ0v) is 26.5. The van der Waals surface area contributed by atoms with E-state index in [1.165, 1.54) is 26.9 Å². The van der Waals surface area contributed by atoms with Crippen LogP contribution < -0.4 is 24.5 Å². The monoisotopic (exact) mass is 650 g/mol. The van der Waals surface area contributed by atoms with Gasteiger partial charge in [0.05, 0.1) is 45.4 Å². The van der Waals surface area contributed by atoms with E-state index in [4.69, 9.17) is 23.7 Å². The third-order valence-corrected chi connectivity index (χ3v) is 8.58. The molecule has 0 unspecified atom stereocenters. The maximum Gasteiger partial charge on any atom is 0.355 e. The molecule has 1 aliphatic heterocycles. The van der Waals surface area contributed by atoms with E-state index < -0.39 is 5.97 Å². The Balaban J connectivity index is 1.74. The summed E-state index contributed by atoms with van der Waals surface area (Å²) in [5, 5.41) is 0.929. The number of methoxy groups -OCH3 is 5. The van der Waals surface area contributed by atoms with E-state index in [0.717, 1.165) is 19.6 Å². The number of aromatic nitrogens is 1. The second-order valence-corrected chi connectivity index (χ2v) is 11.2. The Morgan fingerprint density at radius 3 is 2.05 bits per heavy atom. The van der Waals surface area contributed by atoms with Crippen molar-refractivity contribution in [2.75, 3.05) is 48.6 Å². The number of esters is 1. The summed E-state index contributed by atoms with van der Waals surface area (Å²) >= 11 is 3.59. The number of pyridine rings is 1. The summed E-state index contributed by atoms with van der Waals surface area (Å²) in [7, 11) is 7.49. The highest BCUT2D eigenvalue weighted by atomic mass is 79.9. The lowest BCUT2D eigenvalue weighted by Gasteiger charge is -2.34. The summed E-state index contributed by atoms with van der Waals surface area (Å²) in [5.41, 5.74) is 2.28. The molecule has 1 saturated heterocycles. The second kappa shape index (κ2) is 13.1. The van der Waals surface area contributed by atoms with Crippen molar-refractivity contribution in [1.29, 1.82) is 0 Å². The molecule has 5 rings (SSSR count). The highest BCUT2D eigenvalue weighted by Gasteiger charge is 2.31. The van der Waals surface area contributed by atoms with Crippen molar-refractivity contribution < 1.29 is 28.5 Å². The van der Waals surface area contributed by atoms with Crippen molar-refractivity contribution in [2.24, 2.45) is 0 Å². The number of piperidine rings is 1. The van der Waals surface area contributed by atoms with Crippen molar-refractivity contribution in [1.82, 2.24) is 9.47 Å². The molecule has 3 aromatic carbocycles. The number of carbonyl (C=O) groups is 1. The molecule has 0 amide bonds. The highest BCUT2D eigenvalue weighted by Crippen LogP contribution is 2.44. The molecule has 43 heavy (non-hydrogen) atoms. The van der Waals surface area contributed by atoms with Crippen molar-refractivity contribution in [3.63, 3.8) is 0 Å². The first-order valence-corrected chi connectivity index (χ1v) is 14.7. The van der Waals surface area contributed by atoms with Gasteiger partial charge < -0.3 is 23.7 Å². The fourth-order valence-corrected chi connectivity index (χ4v) is 6.52. The normalized spacial score (nSPS) is 14.0. The minimum absolute atomic E-state index is 0.174. The van der Waals surface area contributed by atoms with E-state index in [-0.39, 0.29) is 17.3 Å². The molecule has 0 bridgehead atoms. The van der Waals surface area contributed by atoms with Gasteiger partial charge in [-0.2, -0.15) is 0 Å². The van der Waals surface area contributed by atoms with E-state index in [2.05, 4.69) is 33.0 Å². The van der Waals surface area contributed by atoms with E-state index in [1.54, 1.807) is 37.0 Å². The predicted octanol–water partition coefficient (Wildman–Crippen LogP) is 6.09. The first kappa shape index (κ1) is 30.4. The van der Waals surface area contributed by atoms with Gasteiger partial charge in [-0.15, -0.1) is 0 Å². The highest BCUT2D eigenvalue weighted by molar-refractivity contribution is 9.10. The van der Waals surface area contributed by atoms with Crippen LogP contribution in [0.1, 0.15) is 34.9 Å². The number of fused-ring (bicyclic) bond motifs is 1. The first-order valence-electron chi connectivity index (χ1n) is 14.0. The largest absolute Gasteiger partial charge is 0.493 e. The zero-order valence-electron chi connectivity index (χ0n) is 24.9. The third kappa shape index (κ3) is 5.81. The molecular weight excluding hydrogens is 616 g/mol. The lowest BCUT2D eigenvalue weighted by Crippen LogP contribution is -2.39. The average molecular weight is 652 g/mol. The maximum atomic E-state index is 14.4. The molecular formula is C33H35BrN2O7. The van der Waals surface area contributed by atoms with Gasteiger partial charge in [-0.3, -0.25) is 14.3 Å². The number of hydrogen-bond donors (Lipinski definition) is 0. The van der Waals surface area contributed by atoms with Gasteiger partial charge in [0, 0.05) is 36.6 Å². The van der Waals surface area contributed by atoms with E-state index in [1.807, 2.05) is 24.3 Å². The molecule has 0 atom stereocenters. The molecule has 4 aromatic rings. The minimum Gasteiger partial charge on any atom is -0.493 e. The van der Waals surface area contributed by atoms with Gasteiger partial charge in [0.15, 0.2) is 23.0 Å². The summed E-state index contributed by atoms with van der Waals surface area (Å²) in [5.74, 6) is 1.21. The molecule has 0 N–H and O–H groups in total. The number of hydrogen-bond acceptors (Lipinski definition) is 8. The lowest BCUT2D eigenvalue weighted by atomic mass is 9.94. The topological polar surface area (TPSA) is 88.5 Å². The molecule has 1 aromatic heterocycles. The lowest BCUT2D eigenvalue weighted by molar-refractivity contribution is 0.0580. The smallest absolute Gasteiger partial charge is 0.355 e. The van der Waals surface area contributed by atoms with Crippen molar-refractivity contribution in [3.05, 3.63) is 80.7 Å². The van der Waals surface area contributed by atoms with Crippen LogP contribution in [0.15, 0.2) is 63.9 Å². The number of carbonyl (C=O) groups excluding carboxylic acids is 1. The predicted molar refractivity (Wildman–Crippen MR) is 169 cm³/mol. The van der Waals surface area contributed by atoms with Crippen molar-refractivity contribution >= 4 is 32.7 Å². The number of halogens is 1. The Labute approximate surface area is 259 Å². The molecule has 9 nitrogen and oxygen atoms in total. The van der Waals surface area contributed by atoms with E-state index in [0.29, 0.717) is 62.2 Å². The van der Waals surface area contributed by atoms with Gasteiger partial charge >= 0.3 is 5.97 Å². The van der Waals surface area contributed by atoms with Gasteiger partial charge in [0.1, 0.15) is 5.69 Å². The van der Waals surface area contributed by atoms with Crippen LogP contribution in [0.2, 0.25) is 0 Å². The number of likely N-dealkylation sites (tertiary alicyclic amines) is 1. The molecule has 10 heteroatoms. The van der Waals surface area contributed by atoms with Gasteiger partial charge in [-0.1, -0.05) is 30.3 Å². The maximum absolute atomic E-state index is 14.4. The minimum atomic E-state index is -0.610. The molecule has 0 aliphatic carbocycles. The summed E-state index contributed by atoms with van der Waals surface area (Å²) < 4.78 is 29.9. The van der Waals surface area contributed by atoms with Crippen LogP contribution in [-0.2, 0) is 11.3 Å². The van der Waals surface area contributed by atoms with Gasteiger partial charge in [0.2, 0.25) is 0 Å². The van der Waals surface area contributed by atoms with Crippen LogP contribution in [0.3, 0.4) is 0 Å². The molecule has 0 spiro atoms. The van der Waals surface area contributed by atoms with Gasteiger partial charge in [-0.05, 0) is 64.2 Å². The molecule has 1 aliphatic rings. The van der Waals surface area contributed by atoms with Crippen LogP contribution in [0.25, 0.3) is 21.9 Å². The second-order valence-electron chi connectivity index (χ2n) is 10.3. The fraction of sp³-hybridized carbons (Fsp3) is 0.333. The number of nitrogens with zero attached hydrogens (tertiary/aromatic N) is 2. The van der Waals surface area contributed by atoms with Gasteiger partial charge in [0.25, 0.3) is 5.56 Å². The summed E-state index contributed by atoms with van der Waals surface area (Å²) in [6, 6.07) is 17.1. The van der Waals surface area contributed by atoms with Gasteiger partial charge in [-0.25, -0.2) is 4.79 Å². The third-order valence-electron chi connectivity index (χ3n) is 7.99. The Hall–Kier alpha value is -4.02. The Morgan fingerprint density at radius 2 is 1.47 bits per heavy atom. The Morgan fingerprint density at radius 1 is 0.837 bits per heavy atom. The van der Waals surface area contributed by atoms with Crippen molar-refractivity contribution in [3.8, 4) is 34.1 Å². The Bertz CT molecular complexity index is 1700. The molecule has 1 fully saturated rings. The molecule has 2 heterocycles. The standard InChI is InChI=1S/C33H35BrN2O7/c1-39-26-17-23-24(18-27(26)40-2)32(37)36(22-11-13-35(14-12-22)19-20-9-7-6-8-10-20)30(33(38)43-5)29(23)21-15-25(34)31(42-4)28(16-21)41-3/h6-10,15-18,22H,11-14,19H2,1-5H3. The summed E-state index contributed by atoms with van der Waals surface area (Å²) in [6.45, 7) is 2.37. The van der Waals surface area contributed by atoms with Crippen LogP contribution in [-0.4, -0.2) is 64.1 Å². The fourth-order valence-electron chi connectivity index (χ4n) is 5.92. The van der Waals surface area contributed by atoms with Crippen molar-refractivity contribution in [2.45, 2.75) is 25.4 Å². The van der Waals surface area contributed by atoms with Crippen LogP contribution in [0.4, 0.5) is 0 Å². The molecule has 226 valence electrons. The zero-order chi connectivity index (χ0) is 30.7. The Kier molecular flexibility index (Phi) is 9.27. The van der Waals surface area contributed by atoms with Crippen LogP contribution >= 0.6 is 15.9 Å². The van der Waals surface area contributed by atoms with Crippen LogP contribution in [0.5, 0.6) is 23.0 Å². The average Bonchev–Trinajstić information content (AvgIpc) is 3.04. The SMILES string of the molecule is COC(=O)c1c(-c2cc(Br)c(OC)c(OC)c2)c2cc(OC)c(OC)cc2c(=O)n1C1CCN(Cc2ccccc2)CC1. The van der Waals surface area contributed by atoms with E-state index in [9.17, 15) is 9.59 Å². The molecule has 0 radical (unpaired) electrons. The van der Waals surface area contributed by atoms with E-state index >= 15 is 0 Å². The molecule has 0 saturated carbocycles. The quantitative estimate of drug-likeness (QED) is 0.201. The van der Waals surface area contributed by atoms with Crippen LogP contribution in [0, 0.1) is 0 Å². The number of rotatable bonds is 9. The number of ether oxygens (including phenoxy) is 5. The summed E-state index contributed by atoms with van der Waals surface area (Å²) in [4.78, 5) is 30.4.